The van der Waals surface area contributed by atoms with Crippen molar-refractivity contribution in [1.29, 1.82) is 0 Å². The highest BCUT2D eigenvalue weighted by atomic mass is 32.2. The molecule has 1 saturated heterocycles. The number of nitrogens with one attached hydrogen (secondary N) is 1. The molecule has 3 aromatic heterocycles. The standard InChI is InChI=1S/C42H39FN6O5S2/c1-27-44-22-30(23-45-27)29-16-19-36-38(21-29)47(24-28-14-17-31(54-2)18-15-28)42(51)48(36)26-56(52,53)49-20-7-3-4-12-37(49)41(50)46-35-11-8-10-33(40(35)43)34-25-55-39-13-6-5-9-32(34)39/h5-6,8-11,13-19,21-23,25,37H,3-4,7,12,20,24,26H2,1-2H3,(H,46,50). The van der Waals surface area contributed by atoms with E-state index >= 15 is 4.39 Å². The minimum Gasteiger partial charge on any atom is -0.497 e. The number of methoxy groups -OCH3 is 1. The number of fused-ring (bicyclic) bond motifs is 2. The van der Waals surface area contributed by atoms with Gasteiger partial charge in [0.2, 0.25) is 15.9 Å². The van der Waals surface area contributed by atoms with Gasteiger partial charge in [0.25, 0.3) is 0 Å². The van der Waals surface area contributed by atoms with Crippen LogP contribution in [-0.2, 0) is 27.2 Å². The molecule has 1 amide bonds. The van der Waals surface area contributed by atoms with Gasteiger partial charge >= 0.3 is 5.69 Å². The Labute approximate surface area is 327 Å². The summed E-state index contributed by atoms with van der Waals surface area (Å²) in [6.07, 6.45) is 5.52. The van der Waals surface area contributed by atoms with E-state index in [9.17, 15) is 18.0 Å². The third-order valence-electron chi connectivity index (χ3n) is 10.3. The number of ether oxygens (including phenoxy) is 1. The van der Waals surface area contributed by atoms with Crippen LogP contribution in [0.4, 0.5) is 10.1 Å². The van der Waals surface area contributed by atoms with Gasteiger partial charge in [0.05, 0.1) is 30.4 Å². The first kappa shape index (κ1) is 37.2. The summed E-state index contributed by atoms with van der Waals surface area (Å²) in [5.74, 6) is -0.627. The lowest BCUT2D eigenvalue weighted by molar-refractivity contribution is -0.119. The molecule has 1 atom stereocenters. The molecular formula is C42H39FN6O5S2. The maximum Gasteiger partial charge on any atom is 0.330 e. The van der Waals surface area contributed by atoms with Crippen molar-refractivity contribution in [3.8, 4) is 28.0 Å². The van der Waals surface area contributed by atoms with Gasteiger partial charge in [-0.1, -0.05) is 61.4 Å². The third-order valence-corrected chi connectivity index (χ3v) is 13.0. The summed E-state index contributed by atoms with van der Waals surface area (Å²) >= 11 is 1.51. The van der Waals surface area contributed by atoms with Gasteiger partial charge in [0, 0.05) is 45.7 Å². The fraction of sp³-hybridized carbons (Fsp3) is 0.238. The zero-order chi connectivity index (χ0) is 39.0. The molecule has 7 aromatic rings. The van der Waals surface area contributed by atoms with Gasteiger partial charge in [-0.25, -0.2) is 27.6 Å². The number of carbonyl (C=O) groups excluding carboxylic acids is 1. The molecule has 1 aliphatic rings. The number of aryl methyl sites for hydroxylation is 1. The van der Waals surface area contributed by atoms with Crippen LogP contribution in [0.2, 0.25) is 0 Å². The molecule has 0 saturated carbocycles. The lowest BCUT2D eigenvalue weighted by Gasteiger charge is -2.28. The molecule has 1 aliphatic heterocycles. The van der Waals surface area contributed by atoms with Crippen molar-refractivity contribution in [1.82, 2.24) is 23.4 Å². The van der Waals surface area contributed by atoms with Crippen LogP contribution in [-0.4, -0.2) is 57.4 Å². The number of hydrogen-bond acceptors (Lipinski definition) is 8. The zero-order valence-electron chi connectivity index (χ0n) is 30.8. The van der Waals surface area contributed by atoms with Gasteiger partial charge in [-0.3, -0.25) is 13.9 Å². The molecule has 4 heterocycles. The Bertz CT molecular complexity index is 2740. The molecule has 0 spiro atoms. The number of sulfonamides is 1. The van der Waals surface area contributed by atoms with E-state index in [1.165, 1.54) is 26.3 Å². The quantitative estimate of drug-likeness (QED) is 0.150. The summed E-state index contributed by atoms with van der Waals surface area (Å²) in [6, 6.07) is 24.1. The minimum atomic E-state index is -4.28. The van der Waals surface area contributed by atoms with Gasteiger partial charge in [0.15, 0.2) is 5.82 Å². The molecule has 11 nitrogen and oxygen atoms in total. The number of rotatable bonds is 10. The van der Waals surface area contributed by atoms with Gasteiger partial charge in [-0.05, 0) is 72.7 Å². The van der Waals surface area contributed by atoms with Crippen LogP contribution < -0.4 is 15.7 Å². The topological polar surface area (TPSA) is 128 Å². The third kappa shape index (κ3) is 7.22. The first-order chi connectivity index (χ1) is 27.1. The fourth-order valence-corrected chi connectivity index (χ4v) is 10.1. The number of nitrogens with zero attached hydrogens (tertiary/aromatic N) is 5. The molecule has 8 rings (SSSR count). The predicted molar refractivity (Wildman–Crippen MR) is 218 cm³/mol. The number of thiophene rings is 1. The van der Waals surface area contributed by atoms with Gasteiger partial charge in [-0.15, -0.1) is 11.3 Å². The molecule has 1 fully saturated rings. The van der Waals surface area contributed by atoms with Gasteiger partial charge in [0.1, 0.15) is 23.5 Å². The molecule has 0 radical (unpaired) electrons. The Hall–Kier alpha value is -5.70. The van der Waals surface area contributed by atoms with Crippen LogP contribution in [0.15, 0.2) is 107 Å². The summed E-state index contributed by atoms with van der Waals surface area (Å²) in [5.41, 5.74) is 3.76. The Kier molecular flexibility index (Phi) is 10.3. The lowest BCUT2D eigenvalue weighted by Crippen LogP contribution is -2.48. The van der Waals surface area contributed by atoms with Crippen LogP contribution >= 0.6 is 11.3 Å². The number of benzene rings is 4. The first-order valence-corrected chi connectivity index (χ1v) is 20.8. The van der Waals surface area contributed by atoms with Crippen LogP contribution in [0, 0.1) is 12.7 Å². The van der Waals surface area contributed by atoms with E-state index < -0.39 is 39.4 Å². The van der Waals surface area contributed by atoms with E-state index in [2.05, 4.69) is 15.3 Å². The van der Waals surface area contributed by atoms with E-state index in [0.717, 1.165) is 33.2 Å². The van der Waals surface area contributed by atoms with Crippen molar-refractivity contribution in [3.63, 3.8) is 0 Å². The summed E-state index contributed by atoms with van der Waals surface area (Å²) < 4.78 is 55.5. The van der Waals surface area contributed by atoms with E-state index in [1.807, 2.05) is 47.8 Å². The van der Waals surface area contributed by atoms with Gasteiger partial charge < -0.3 is 10.1 Å². The lowest BCUT2D eigenvalue weighted by atomic mass is 10.0. The van der Waals surface area contributed by atoms with Crippen molar-refractivity contribution >= 4 is 54.1 Å². The molecule has 286 valence electrons. The Morgan fingerprint density at radius 1 is 0.911 bits per heavy atom. The average Bonchev–Trinajstić information content (AvgIpc) is 3.61. The number of aromatic nitrogens is 4. The van der Waals surface area contributed by atoms with Crippen LogP contribution in [0.1, 0.15) is 37.1 Å². The highest BCUT2D eigenvalue weighted by Crippen LogP contribution is 2.37. The highest BCUT2D eigenvalue weighted by molar-refractivity contribution is 7.88. The highest BCUT2D eigenvalue weighted by Gasteiger charge is 2.37. The predicted octanol–water partition coefficient (Wildman–Crippen LogP) is 7.82. The summed E-state index contributed by atoms with van der Waals surface area (Å²) in [6.45, 7) is 2.05. The average molecular weight is 791 g/mol. The Balaban J connectivity index is 1.12. The Morgan fingerprint density at radius 3 is 2.48 bits per heavy atom. The van der Waals surface area contributed by atoms with E-state index in [1.54, 1.807) is 67.4 Å². The van der Waals surface area contributed by atoms with Crippen LogP contribution in [0.3, 0.4) is 0 Å². The molecule has 4 aromatic carbocycles. The number of halogens is 1. The van der Waals surface area contributed by atoms with Crippen LogP contribution in [0.25, 0.3) is 43.4 Å². The normalized spacial score (nSPS) is 15.2. The van der Waals surface area contributed by atoms with Crippen molar-refractivity contribution in [2.75, 3.05) is 19.0 Å². The van der Waals surface area contributed by atoms with E-state index in [4.69, 9.17) is 4.74 Å². The monoisotopic (exact) mass is 790 g/mol. The number of carbonyl (C=O) groups is 1. The first-order valence-electron chi connectivity index (χ1n) is 18.3. The zero-order valence-corrected chi connectivity index (χ0v) is 32.4. The van der Waals surface area contributed by atoms with Crippen molar-refractivity contribution in [3.05, 3.63) is 130 Å². The van der Waals surface area contributed by atoms with Crippen LogP contribution in [0.5, 0.6) is 5.75 Å². The van der Waals surface area contributed by atoms with E-state index in [-0.39, 0.29) is 25.2 Å². The van der Waals surface area contributed by atoms with E-state index in [0.29, 0.717) is 46.6 Å². The second-order valence-corrected chi connectivity index (χ2v) is 16.7. The SMILES string of the molecule is COc1ccc(Cn2c(=O)n(CS(=O)(=O)N3CCCCCC3C(=O)Nc3cccc(-c4csc5ccccc45)c3F)c3ccc(-c4cnc(C)nc4)cc32)cc1. The number of imidazole rings is 1. The number of anilines is 1. The number of amides is 1. The number of hydrogen-bond donors (Lipinski definition) is 1. The molecule has 0 aliphatic carbocycles. The molecule has 1 unspecified atom stereocenters. The molecule has 1 N–H and O–H groups in total. The van der Waals surface area contributed by atoms with Crippen molar-refractivity contribution in [2.45, 2.75) is 51.1 Å². The molecular weight excluding hydrogens is 752 g/mol. The largest absolute Gasteiger partial charge is 0.497 e. The van der Waals surface area contributed by atoms with Crippen molar-refractivity contribution in [2.24, 2.45) is 0 Å². The summed E-state index contributed by atoms with van der Waals surface area (Å²) in [7, 11) is -2.71. The summed E-state index contributed by atoms with van der Waals surface area (Å²) in [4.78, 5) is 37.0. The maximum absolute atomic E-state index is 16.1. The fourth-order valence-electron chi connectivity index (χ4n) is 7.38. The molecule has 56 heavy (non-hydrogen) atoms. The smallest absolute Gasteiger partial charge is 0.330 e. The Morgan fingerprint density at radius 2 is 1.70 bits per heavy atom. The molecule has 14 heteroatoms. The van der Waals surface area contributed by atoms with Crippen molar-refractivity contribution < 1.29 is 22.3 Å². The summed E-state index contributed by atoms with van der Waals surface area (Å²) in [5, 5.41) is 5.52. The second kappa shape index (κ2) is 15.4. The minimum absolute atomic E-state index is 0.0306. The van der Waals surface area contributed by atoms with Gasteiger partial charge in [-0.2, -0.15) is 4.31 Å². The molecule has 0 bridgehead atoms. The second-order valence-electron chi connectivity index (χ2n) is 13.9. The maximum atomic E-state index is 16.1.